The van der Waals surface area contributed by atoms with Crippen molar-refractivity contribution in [1.29, 1.82) is 0 Å². The summed E-state index contributed by atoms with van der Waals surface area (Å²) in [6.07, 6.45) is -0.614. The molecule has 0 saturated heterocycles. The van der Waals surface area contributed by atoms with Crippen molar-refractivity contribution in [3.63, 3.8) is 0 Å². The summed E-state index contributed by atoms with van der Waals surface area (Å²) < 4.78 is 4.85. The van der Waals surface area contributed by atoms with Crippen LogP contribution in [0.4, 0.5) is 0 Å². The third-order valence-electron chi connectivity index (χ3n) is 1.52. The number of ether oxygens (including phenoxy) is 1. The summed E-state index contributed by atoms with van der Waals surface area (Å²) in [5, 5.41) is 11.0. The van der Waals surface area contributed by atoms with Crippen molar-refractivity contribution in [1.82, 2.24) is 5.06 Å². The van der Waals surface area contributed by atoms with Gasteiger partial charge in [0.25, 0.3) is 0 Å². The number of aliphatic hydroxyl groups is 1. The minimum Gasteiger partial charge on any atom is -0.382 e. The maximum atomic E-state index is 9.41. The van der Waals surface area contributed by atoms with Crippen LogP contribution >= 0.6 is 0 Å². The molecule has 0 radical (unpaired) electrons. The Morgan fingerprint density at radius 2 is 1.85 bits per heavy atom. The van der Waals surface area contributed by atoms with Gasteiger partial charge < -0.3 is 9.84 Å². The highest BCUT2D eigenvalue weighted by molar-refractivity contribution is 4.70. The van der Waals surface area contributed by atoms with Crippen molar-refractivity contribution in [3.8, 4) is 0 Å². The molecule has 0 aromatic carbocycles. The second-order valence-corrected chi connectivity index (χ2v) is 3.95. The van der Waals surface area contributed by atoms with E-state index in [0.29, 0.717) is 13.2 Å². The lowest BCUT2D eigenvalue weighted by atomic mass is 10.1. The van der Waals surface area contributed by atoms with Gasteiger partial charge >= 0.3 is 0 Å². The zero-order chi connectivity index (χ0) is 10.5. The predicted octanol–water partition coefficient (Wildman–Crippen LogP) is 1.00. The fourth-order valence-corrected chi connectivity index (χ4v) is 1.08. The fraction of sp³-hybridized carbons (Fsp3) is 1.00. The molecule has 0 aromatic heterocycles. The maximum Gasteiger partial charge on any atom is 0.127 e. The Morgan fingerprint density at radius 1 is 1.31 bits per heavy atom. The van der Waals surface area contributed by atoms with Crippen LogP contribution in [-0.4, -0.2) is 42.3 Å². The van der Waals surface area contributed by atoms with E-state index >= 15 is 0 Å². The zero-order valence-corrected chi connectivity index (χ0v) is 9.20. The summed E-state index contributed by atoms with van der Waals surface area (Å²) in [6, 6.07) is 0. The first kappa shape index (κ1) is 12.8. The normalized spacial score (nSPS) is 15.0. The lowest BCUT2D eigenvalue weighted by Crippen LogP contribution is -2.47. The summed E-state index contributed by atoms with van der Waals surface area (Å²) >= 11 is 0. The first-order chi connectivity index (χ1) is 5.89. The van der Waals surface area contributed by atoms with Gasteiger partial charge in [0.2, 0.25) is 0 Å². The van der Waals surface area contributed by atoms with Gasteiger partial charge in [-0.3, -0.25) is 4.84 Å². The van der Waals surface area contributed by atoms with Gasteiger partial charge in [0.05, 0.1) is 13.2 Å². The Balaban J connectivity index is 3.97. The van der Waals surface area contributed by atoms with E-state index in [2.05, 4.69) is 0 Å². The van der Waals surface area contributed by atoms with Gasteiger partial charge in [-0.25, -0.2) is 0 Å². The molecule has 13 heavy (non-hydrogen) atoms. The molecule has 0 heterocycles. The van der Waals surface area contributed by atoms with E-state index in [4.69, 9.17) is 9.57 Å². The molecule has 0 fully saturated rings. The third-order valence-corrected chi connectivity index (χ3v) is 1.52. The number of rotatable bonds is 5. The van der Waals surface area contributed by atoms with Crippen LogP contribution in [0.15, 0.2) is 0 Å². The van der Waals surface area contributed by atoms with Crippen molar-refractivity contribution >= 4 is 0 Å². The molecule has 0 spiro atoms. The SMILES string of the molecule is COCCON(C(C)O)C(C)(C)C. The summed E-state index contributed by atoms with van der Waals surface area (Å²) in [5.74, 6) is 0. The average Bonchev–Trinajstić information content (AvgIpc) is 1.94. The molecule has 4 heteroatoms. The molecule has 0 bridgehead atoms. The van der Waals surface area contributed by atoms with Crippen LogP contribution in [0.2, 0.25) is 0 Å². The lowest BCUT2D eigenvalue weighted by Gasteiger charge is -2.36. The first-order valence-electron chi connectivity index (χ1n) is 4.49. The molecule has 0 aliphatic heterocycles. The summed E-state index contributed by atoms with van der Waals surface area (Å²) in [5.41, 5.74) is -0.206. The molecule has 0 amide bonds. The molecule has 0 saturated carbocycles. The first-order valence-corrected chi connectivity index (χ1v) is 4.49. The Kier molecular flexibility index (Phi) is 5.48. The van der Waals surface area contributed by atoms with Crippen LogP contribution in [0, 0.1) is 0 Å². The van der Waals surface area contributed by atoms with Crippen LogP contribution in [0.5, 0.6) is 0 Å². The van der Waals surface area contributed by atoms with Crippen molar-refractivity contribution < 1.29 is 14.7 Å². The Labute approximate surface area is 80.4 Å². The largest absolute Gasteiger partial charge is 0.382 e. The molecule has 4 nitrogen and oxygen atoms in total. The van der Waals surface area contributed by atoms with Gasteiger partial charge in [0.1, 0.15) is 6.23 Å². The number of hydroxylamine groups is 2. The van der Waals surface area contributed by atoms with Crippen LogP contribution in [0.3, 0.4) is 0 Å². The molecule has 1 N–H and O–H groups in total. The van der Waals surface area contributed by atoms with Gasteiger partial charge in [-0.05, 0) is 27.7 Å². The smallest absolute Gasteiger partial charge is 0.127 e. The Morgan fingerprint density at radius 3 is 2.15 bits per heavy atom. The van der Waals surface area contributed by atoms with Crippen molar-refractivity contribution in [2.45, 2.75) is 39.5 Å². The highest BCUT2D eigenvalue weighted by atomic mass is 16.7. The second kappa shape index (κ2) is 5.54. The molecule has 0 aliphatic rings. The number of hydrogen-bond donors (Lipinski definition) is 1. The molecule has 1 unspecified atom stereocenters. The molecule has 0 aliphatic carbocycles. The summed E-state index contributed by atoms with van der Waals surface area (Å²) in [6.45, 7) is 8.60. The molecule has 80 valence electrons. The minimum atomic E-state index is -0.614. The predicted molar refractivity (Wildman–Crippen MR) is 51.1 cm³/mol. The van der Waals surface area contributed by atoms with E-state index in [9.17, 15) is 5.11 Å². The van der Waals surface area contributed by atoms with Crippen LogP contribution < -0.4 is 0 Å². The number of methoxy groups -OCH3 is 1. The Hall–Kier alpha value is -0.160. The van der Waals surface area contributed by atoms with E-state index in [1.165, 1.54) is 0 Å². The van der Waals surface area contributed by atoms with E-state index in [0.717, 1.165) is 0 Å². The van der Waals surface area contributed by atoms with Gasteiger partial charge in [0, 0.05) is 12.6 Å². The summed E-state index contributed by atoms with van der Waals surface area (Å²) in [7, 11) is 1.62. The molecule has 0 aromatic rings. The van der Waals surface area contributed by atoms with Crippen molar-refractivity contribution in [2.75, 3.05) is 20.3 Å². The van der Waals surface area contributed by atoms with Gasteiger partial charge in [0.15, 0.2) is 0 Å². The fourth-order valence-electron chi connectivity index (χ4n) is 1.08. The van der Waals surface area contributed by atoms with Gasteiger partial charge in [-0.15, -0.1) is 0 Å². The van der Waals surface area contributed by atoms with Crippen LogP contribution in [0.25, 0.3) is 0 Å². The topological polar surface area (TPSA) is 41.9 Å². The molecular weight excluding hydrogens is 170 g/mol. The van der Waals surface area contributed by atoms with Crippen molar-refractivity contribution in [2.24, 2.45) is 0 Å². The third kappa shape index (κ3) is 5.21. The van der Waals surface area contributed by atoms with E-state index in [-0.39, 0.29) is 5.54 Å². The molecule has 1 atom stereocenters. The maximum absolute atomic E-state index is 9.41. The van der Waals surface area contributed by atoms with E-state index in [1.807, 2.05) is 20.8 Å². The highest BCUT2D eigenvalue weighted by Gasteiger charge is 2.25. The Bertz CT molecular complexity index is 131. The number of hydrogen-bond acceptors (Lipinski definition) is 4. The summed E-state index contributed by atoms with van der Waals surface area (Å²) in [4.78, 5) is 5.37. The van der Waals surface area contributed by atoms with Gasteiger partial charge in [-0.1, -0.05) is 0 Å². The van der Waals surface area contributed by atoms with E-state index < -0.39 is 6.23 Å². The van der Waals surface area contributed by atoms with E-state index in [1.54, 1.807) is 19.1 Å². The minimum absolute atomic E-state index is 0.206. The standard InChI is InChI=1S/C9H21NO3/c1-8(11)10(9(2,3)4)13-7-6-12-5/h8,11H,6-7H2,1-5H3. The van der Waals surface area contributed by atoms with Crippen molar-refractivity contribution in [3.05, 3.63) is 0 Å². The number of nitrogens with zero attached hydrogens (tertiary/aromatic N) is 1. The quantitative estimate of drug-likeness (QED) is 0.400. The second-order valence-electron chi connectivity index (χ2n) is 3.95. The monoisotopic (exact) mass is 191 g/mol. The van der Waals surface area contributed by atoms with Gasteiger partial charge in [-0.2, -0.15) is 5.06 Å². The zero-order valence-electron chi connectivity index (χ0n) is 9.20. The average molecular weight is 191 g/mol. The molecule has 0 rings (SSSR count). The highest BCUT2D eigenvalue weighted by Crippen LogP contribution is 2.15. The molecular formula is C9H21NO3. The van der Waals surface area contributed by atoms with Crippen LogP contribution in [-0.2, 0) is 9.57 Å². The number of aliphatic hydroxyl groups excluding tert-OH is 1. The lowest BCUT2D eigenvalue weighted by molar-refractivity contribution is -0.279. The van der Waals surface area contributed by atoms with Crippen LogP contribution in [0.1, 0.15) is 27.7 Å².